The predicted octanol–water partition coefficient (Wildman–Crippen LogP) is 3.09. The van der Waals surface area contributed by atoms with Gasteiger partial charge in [0.2, 0.25) is 5.88 Å². The van der Waals surface area contributed by atoms with Crippen molar-refractivity contribution in [3.8, 4) is 23.0 Å². The Kier molecular flexibility index (Phi) is 5.85. The fourth-order valence-corrected chi connectivity index (χ4v) is 5.80. The second-order valence-electron chi connectivity index (χ2n) is 10.0. The molecule has 1 aromatic carbocycles. The average Bonchev–Trinajstić information content (AvgIpc) is 3.67. The quantitative estimate of drug-likeness (QED) is 0.386. The minimum Gasteiger partial charge on any atom is -0.468 e. The molecule has 1 unspecified atom stereocenters. The molecule has 3 aromatic heterocycles. The van der Waals surface area contributed by atoms with E-state index in [2.05, 4.69) is 15.0 Å². The van der Waals surface area contributed by atoms with Crippen LogP contribution in [0, 0.1) is 5.82 Å². The van der Waals surface area contributed by atoms with Crippen LogP contribution in [-0.2, 0) is 22.9 Å². The molecule has 10 nitrogen and oxygen atoms in total. The molecule has 0 spiro atoms. The van der Waals surface area contributed by atoms with Gasteiger partial charge in [-0.25, -0.2) is 4.39 Å². The zero-order chi connectivity index (χ0) is 26.8. The molecule has 2 aliphatic heterocycles. The standard InChI is InChI=1S/C27H24ClFN4O6/c1-33-6-2-3-14(26(33)35)13-7-12-4-5-19(21(12)16(29)8-13)38-25-15(28)9-17-24(31-25)32-27(30-17)39-20-11-37-22-18(34)10-36-23(20)22/h2-3,6-9,18-20,22-23,34H,4-5,10-11H2,1H3,(H,30,31,32)/t18-,19?,20-,22-,23-/m1/s1. The number of imidazole rings is 1. The number of nitrogens with zero attached hydrogens (tertiary/aromatic N) is 3. The second kappa shape index (κ2) is 9.30. The van der Waals surface area contributed by atoms with Crippen molar-refractivity contribution >= 4 is 22.8 Å². The van der Waals surface area contributed by atoms with E-state index in [1.165, 1.54) is 10.6 Å². The molecular formula is C27H24ClFN4O6. The summed E-state index contributed by atoms with van der Waals surface area (Å²) in [4.78, 5) is 24.4. The number of aliphatic hydroxyl groups is 1. The molecule has 5 atom stereocenters. The van der Waals surface area contributed by atoms with Crippen LogP contribution >= 0.6 is 11.6 Å². The number of fused-ring (bicyclic) bond motifs is 3. The number of hydrogen-bond donors (Lipinski definition) is 2. The number of nitrogens with one attached hydrogen (secondary N) is 1. The van der Waals surface area contributed by atoms with Gasteiger partial charge in [-0.1, -0.05) is 17.7 Å². The lowest BCUT2D eigenvalue weighted by molar-refractivity contribution is 0.00706. The number of halogens is 2. The van der Waals surface area contributed by atoms with Crippen LogP contribution in [0.5, 0.6) is 11.9 Å². The average molecular weight is 555 g/mol. The third-order valence-corrected chi connectivity index (χ3v) is 7.79. The number of pyridine rings is 2. The van der Waals surface area contributed by atoms with Crippen LogP contribution in [0.15, 0.2) is 41.3 Å². The van der Waals surface area contributed by atoms with Crippen molar-refractivity contribution in [3.05, 3.63) is 68.8 Å². The molecule has 0 radical (unpaired) electrons. The first kappa shape index (κ1) is 24.5. The molecule has 2 fully saturated rings. The molecule has 0 saturated carbocycles. The van der Waals surface area contributed by atoms with Gasteiger partial charge >= 0.3 is 0 Å². The van der Waals surface area contributed by atoms with E-state index >= 15 is 4.39 Å². The highest BCUT2D eigenvalue weighted by atomic mass is 35.5. The van der Waals surface area contributed by atoms with Crippen LogP contribution in [0.1, 0.15) is 23.7 Å². The van der Waals surface area contributed by atoms with Gasteiger partial charge in [0.15, 0.2) is 11.8 Å². The van der Waals surface area contributed by atoms with E-state index in [1.54, 1.807) is 31.4 Å². The Morgan fingerprint density at radius 3 is 2.90 bits per heavy atom. The highest BCUT2D eigenvalue weighted by Crippen LogP contribution is 2.40. The van der Waals surface area contributed by atoms with Crippen LogP contribution in [0.25, 0.3) is 22.3 Å². The van der Waals surface area contributed by atoms with Crippen molar-refractivity contribution in [2.75, 3.05) is 13.2 Å². The summed E-state index contributed by atoms with van der Waals surface area (Å²) in [5, 5.41) is 10.2. The number of aryl methyl sites for hydroxylation is 2. The highest BCUT2D eigenvalue weighted by molar-refractivity contribution is 6.32. The van der Waals surface area contributed by atoms with Gasteiger partial charge in [0.1, 0.15) is 35.3 Å². The third kappa shape index (κ3) is 4.17. The zero-order valence-corrected chi connectivity index (χ0v) is 21.5. The Labute approximate surface area is 226 Å². The van der Waals surface area contributed by atoms with Crippen molar-refractivity contribution in [1.82, 2.24) is 19.5 Å². The van der Waals surface area contributed by atoms with Gasteiger partial charge in [0.25, 0.3) is 11.6 Å². The van der Waals surface area contributed by atoms with Gasteiger partial charge in [0, 0.05) is 24.4 Å². The Bertz CT molecular complexity index is 1660. The number of rotatable bonds is 5. The molecule has 0 amide bonds. The van der Waals surface area contributed by atoms with Crippen LogP contribution < -0.4 is 15.0 Å². The zero-order valence-electron chi connectivity index (χ0n) is 20.8. The molecule has 4 aromatic rings. The summed E-state index contributed by atoms with van der Waals surface area (Å²) in [6.07, 6.45) is 0.268. The van der Waals surface area contributed by atoms with E-state index in [9.17, 15) is 9.90 Å². The molecule has 202 valence electrons. The fourth-order valence-electron chi connectivity index (χ4n) is 5.60. The van der Waals surface area contributed by atoms with E-state index in [1.807, 2.05) is 6.07 Å². The molecule has 1 aliphatic carbocycles. The molecule has 2 N–H and O–H groups in total. The van der Waals surface area contributed by atoms with Crippen LogP contribution in [0.3, 0.4) is 0 Å². The van der Waals surface area contributed by atoms with Gasteiger partial charge in [-0.2, -0.15) is 9.97 Å². The number of hydrogen-bond acceptors (Lipinski definition) is 8. The Morgan fingerprint density at radius 1 is 1.18 bits per heavy atom. The lowest BCUT2D eigenvalue weighted by Gasteiger charge is -2.16. The van der Waals surface area contributed by atoms with Crippen LogP contribution in [-0.4, -0.2) is 62.3 Å². The summed E-state index contributed by atoms with van der Waals surface area (Å²) in [5.41, 5.74) is 2.86. The summed E-state index contributed by atoms with van der Waals surface area (Å²) in [6, 6.07) is 8.50. The molecule has 12 heteroatoms. The number of aliphatic hydroxyl groups excluding tert-OH is 1. The van der Waals surface area contributed by atoms with E-state index < -0.39 is 30.2 Å². The number of benzene rings is 1. The van der Waals surface area contributed by atoms with Gasteiger partial charge in [-0.3, -0.25) is 4.79 Å². The summed E-state index contributed by atoms with van der Waals surface area (Å²) < 4.78 is 40.1. The second-order valence-corrected chi connectivity index (χ2v) is 10.4. The molecule has 3 aliphatic rings. The smallest absolute Gasteiger partial charge is 0.296 e. The van der Waals surface area contributed by atoms with E-state index in [0.29, 0.717) is 40.7 Å². The Balaban J connectivity index is 1.13. The molecule has 39 heavy (non-hydrogen) atoms. The summed E-state index contributed by atoms with van der Waals surface area (Å²) >= 11 is 6.48. The van der Waals surface area contributed by atoms with Gasteiger partial charge in [-0.15, -0.1) is 0 Å². The lowest BCUT2D eigenvalue weighted by atomic mass is 10.0. The number of H-pyrrole nitrogens is 1. The van der Waals surface area contributed by atoms with Crippen molar-refractivity contribution < 1.29 is 28.4 Å². The molecule has 0 bridgehead atoms. The molecule has 7 rings (SSSR count). The third-order valence-electron chi connectivity index (χ3n) is 7.52. The molecule has 5 heterocycles. The summed E-state index contributed by atoms with van der Waals surface area (Å²) in [6.45, 7) is 0.462. The maximum absolute atomic E-state index is 15.4. The van der Waals surface area contributed by atoms with Crippen LogP contribution in [0.2, 0.25) is 5.02 Å². The lowest BCUT2D eigenvalue weighted by Crippen LogP contribution is -2.34. The maximum atomic E-state index is 15.4. The van der Waals surface area contributed by atoms with Gasteiger partial charge in [-0.05, 0) is 48.2 Å². The number of aromatic nitrogens is 4. The van der Waals surface area contributed by atoms with E-state index in [0.717, 1.165) is 5.56 Å². The van der Waals surface area contributed by atoms with Gasteiger partial charge in [0.05, 0.1) is 18.7 Å². The van der Waals surface area contributed by atoms with Crippen LogP contribution in [0.4, 0.5) is 4.39 Å². The summed E-state index contributed by atoms with van der Waals surface area (Å²) in [7, 11) is 1.66. The SMILES string of the molecule is Cn1cccc(-c2cc(F)c3c(c2)CCC3Oc2nc3nc(O[C@@H]4CO[C@H]5[C@@H]4OC[C@H]5O)[nH]c3cc2Cl)c1=O. The molecular weight excluding hydrogens is 531 g/mol. The fraction of sp³-hybridized carbons (Fsp3) is 0.370. The topological polar surface area (TPSA) is 121 Å². The van der Waals surface area contributed by atoms with Crippen molar-refractivity contribution in [2.45, 2.75) is 43.4 Å². The first-order chi connectivity index (χ1) is 18.9. The number of ether oxygens (including phenoxy) is 4. The summed E-state index contributed by atoms with van der Waals surface area (Å²) in [5.74, 6) is -0.313. The highest BCUT2D eigenvalue weighted by Gasteiger charge is 2.48. The Morgan fingerprint density at radius 2 is 2.03 bits per heavy atom. The monoisotopic (exact) mass is 554 g/mol. The van der Waals surface area contributed by atoms with Crippen molar-refractivity contribution in [3.63, 3.8) is 0 Å². The minimum absolute atomic E-state index is 0.131. The minimum atomic E-state index is -0.678. The van der Waals surface area contributed by atoms with Crippen molar-refractivity contribution in [2.24, 2.45) is 7.05 Å². The van der Waals surface area contributed by atoms with Gasteiger partial charge < -0.3 is 33.6 Å². The maximum Gasteiger partial charge on any atom is 0.296 e. The largest absolute Gasteiger partial charge is 0.468 e. The van der Waals surface area contributed by atoms with Crippen molar-refractivity contribution in [1.29, 1.82) is 0 Å². The number of aromatic amines is 1. The first-order valence-corrected chi connectivity index (χ1v) is 13.0. The van der Waals surface area contributed by atoms with E-state index in [-0.39, 0.29) is 41.8 Å². The Hall–Kier alpha value is -3.51. The first-order valence-electron chi connectivity index (χ1n) is 12.6. The normalized spacial score (nSPS) is 25.7. The van der Waals surface area contributed by atoms with E-state index in [4.69, 9.17) is 30.5 Å². The molecule has 2 saturated heterocycles. The predicted molar refractivity (Wildman–Crippen MR) is 138 cm³/mol.